The Labute approximate surface area is 103 Å². The first-order valence-corrected chi connectivity index (χ1v) is 6.52. The van der Waals surface area contributed by atoms with Crippen LogP contribution in [0.15, 0.2) is 24.3 Å². The van der Waals surface area contributed by atoms with Crippen LogP contribution in [-0.4, -0.2) is 5.11 Å². The van der Waals surface area contributed by atoms with Crippen LogP contribution in [0.25, 0.3) is 0 Å². The lowest BCUT2D eigenvalue weighted by Gasteiger charge is -2.42. The molecular weight excluding hydrogens is 215 g/mol. The van der Waals surface area contributed by atoms with Crippen LogP contribution in [-0.2, 0) is 5.60 Å². The van der Waals surface area contributed by atoms with Gasteiger partial charge in [0.25, 0.3) is 0 Å². The maximum atomic E-state index is 13.3. The van der Waals surface area contributed by atoms with Crippen LogP contribution in [0.2, 0.25) is 0 Å². The van der Waals surface area contributed by atoms with E-state index in [0.29, 0.717) is 5.92 Å². The molecule has 1 N–H and O–H groups in total. The summed E-state index contributed by atoms with van der Waals surface area (Å²) < 4.78 is 13.3. The zero-order valence-corrected chi connectivity index (χ0v) is 10.6. The zero-order chi connectivity index (χ0) is 12.5. The van der Waals surface area contributed by atoms with Gasteiger partial charge >= 0.3 is 0 Å². The quantitative estimate of drug-likeness (QED) is 0.826. The van der Waals surface area contributed by atoms with E-state index < -0.39 is 5.60 Å². The average Bonchev–Trinajstić information content (AvgIpc) is 2.29. The van der Waals surface area contributed by atoms with Gasteiger partial charge in [-0.05, 0) is 42.4 Å². The summed E-state index contributed by atoms with van der Waals surface area (Å²) in [6, 6.07) is 6.46. The highest BCUT2D eigenvalue weighted by Gasteiger charge is 2.41. The van der Waals surface area contributed by atoms with Crippen LogP contribution in [0.1, 0.15) is 45.1 Å². The third-order valence-corrected chi connectivity index (χ3v) is 4.07. The molecule has 1 aromatic carbocycles. The molecule has 0 heterocycles. The summed E-state index contributed by atoms with van der Waals surface area (Å²) >= 11 is 0. The molecule has 17 heavy (non-hydrogen) atoms. The van der Waals surface area contributed by atoms with Crippen molar-refractivity contribution in [3.05, 3.63) is 35.6 Å². The molecule has 0 radical (unpaired) electrons. The van der Waals surface area contributed by atoms with E-state index >= 15 is 0 Å². The van der Waals surface area contributed by atoms with Crippen molar-refractivity contribution in [1.29, 1.82) is 0 Å². The SMILES string of the molecule is CC(C)C1CCCCC1(O)c1cccc(F)c1. The first-order chi connectivity index (χ1) is 8.04. The summed E-state index contributed by atoms with van der Waals surface area (Å²) in [5, 5.41) is 10.9. The Morgan fingerprint density at radius 1 is 1.35 bits per heavy atom. The molecule has 1 aliphatic carbocycles. The van der Waals surface area contributed by atoms with Crippen molar-refractivity contribution in [2.24, 2.45) is 11.8 Å². The number of halogens is 1. The van der Waals surface area contributed by atoms with Gasteiger partial charge in [0, 0.05) is 0 Å². The zero-order valence-electron chi connectivity index (χ0n) is 10.6. The lowest BCUT2D eigenvalue weighted by atomic mass is 9.67. The highest BCUT2D eigenvalue weighted by Crippen LogP contribution is 2.45. The molecule has 2 unspecified atom stereocenters. The Hall–Kier alpha value is -0.890. The van der Waals surface area contributed by atoms with Gasteiger partial charge in [-0.25, -0.2) is 4.39 Å². The third kappa shape index (κ3) is 2.37. The Balaban J connectivity index is 2.37. The summed E-state index contributed by atoms with van der Waals surface area (Å²) in [4.78, 5) is 0. The van der Waals surface area contributed by atoms with Crippen molar-refractivity contribution < 1.29 is 9.50 Å². The number of rotatable bonds is 2. The fourth-order valence-electron chi connectivity index (χ4n) is 3.18. The molecule has 0 bridgehead atoms. The summed E-state index contributed by atoms with van der Waals surface area (Å²) in [5.74, 6) is 0.394. The smallest absolute Gasteiger partial charge is 0.123 e. The first-order valence-electron chi connectivity index (χ1n) is 6.52. The van der Waals surface area contributed by atoms with Crippen LogP contribution < -0.4 is 0 Å². The molecule has 0 aliphatic heterocycles. The monoisotopic (exact) mass is 236 g/mol. The van der Waals surface area contributed by atoms with Gasteiger partial charge in [0.2, 0.25) is 0 Å². The minimum Gasteiger partial charge on any atom is -0.385 e. The van der Waals surface area contributed by atoms with Gasteiger partial charge in [-0.3, -0.25) is 0 Å². The molecule has 0 saturated heterocycles. The van der Waals surface area contributed by atoms with Crippen LogP contribution in [0.4, 0.5) is 4.39 Å². The normalized spacial score (nSPS) is 29.6. The predicted molar refractivity (Wildman–Crippen MR) is 67.1 cm³/mol. The molecular formula is C15H21FO. The highest BCUT2D eigenvalue weighted by molar-refractivity contribution is 5.25. The van der Waals surface area contributed by atoms with E-state index in [0.717, 1.165) is 24.8 Å². The summed E-state index contributed by atoms with van der Waals surface area (Å²) in [7, 11) is 0. The Morgan fingerprint density at radius 2 is 2.12 bits per heavy atom. The largest absolute Gasteiger partial charge is 0.385 e. The summed E-state index contributed by atoms with van der Waals surface area (Å²) in [5.41, 5.74) is -0.0926. The van der Waals surface area contributed by atoms with E-state index in [4.69, 9.17) is 0 Å². The third-order valence-electron chi connectivity index (χ3n) is 4.07. The standard InChI is InChI=1S/C15H21FO/c1-11(2)14-8-3-4-9-15(14,17)12-6-5-7-13(16)10-12/h5-7,10-11,14,17H,3-4,8-9H2,1-2H3. The van der Waals surface area contributed by atoms with Gasteiger partial charge in [0.15, 0.2) is 0 Å². The minimum absolute atomic E-state index is 0.234. The lowest BCUT2D eigenvalue weighted by molar-refractivity contribution is -0.0723. The topological polar surface area (TPSA) is 20.2 Å². The Morgan fingerprint density at radius 3 is 2.76 bits per heavy atom. The van der Waals surface area contributed by atoms with Crippen molar-refractivity contribution in [3.8, 4) is 0 Å². The van der Waals surface area contributed by atoms with E-state index in [-0.39, 0.29) is 11.7 Å². The van der Waals surface area contributed by atoms with Crippen LogP contribution in [0, 0.1) is 17.7 Å². The predicted octanol–water partition coefficient (Wildman–Crippen LogP) is 3.86. The van der Waals surface area contributed by atoms with E-state index in [2.05, 4.69) is 13.8 Å². The number of hydrogen-bond acceptors (Lipinski definition) is 1. The molecule has 1 nitrogen and oxygen atoms in total. The van der Waals surface area contributed by atoms with Gasteiger partial charge in [0.1, 0.15) is 5.82 Å². The van der Waals surface area contributed by atoms with Crippen LogP contribution in [0.5, 0.6) is 0 Å². The second-order valence-electron chi connectivity index (χ2n) is 5.53. The molecule has 0 spiro atoms. The van der Waals surface area contributed by atoms with E-state index in [9.17, 15) is 9.50 Å². The van der Waals surface area contributed by atoms with E-state index in [1.165, 1.54) is 18.6 Å². The van der Waals surface area contributed by atoms with Gasteiger partial charge in [-0.1, -0.05) is 38.8 Å². The molecule has 2 atom stereocenters. The van der Waals surface area contributed by atoms with Gasteiger partial charge in [0.05, 0.1) is 5.60 Å². The van der Waals surface area contributed by atoms with Gasteiger partial charge < -0.3 is 5.11 Å². The van der Waals surface area contributed by atoms with Crippen LogP contribution >= 0.6 is 0 Å². The first kappa shape index (κ1) is 12.6. The molecule has 1 aromatic rings. The molecule has 2 rings (SSSR count). The van der Waals surface area contributed by atoms with Gasteiger partial charge in [-0.2, -0.15) is 0 Å². The fourth-order valence-corrected chi connectivity index (χ4v) is 3.18. The summed E-state index contributed by atoms with van der Waals surface area (Å²) in [6.45, 7) is 4.28. The molecule has 2 heteroatoms. The lowest BCUT2D eigenvalue weighted by Crippen LogP contribution is -2.40. The maximum absolute atomic E-state index is 13.3. The number of aliphatic hydroxyl groups is 1. The molecule has 1 fully saturated rings. The maximum Gasteiger partial charge on any atom is 0.123 e. The Kier molecular flexibility index (Phi) is 3.53. The van der Waals surface area contributed by atoms with Gasteiger partial charge in [-0.15, -0.1) is 0 Å². The summed E-state index contributed by atoms with van der Waals surface area (Å²) in [6.07, 6.45) is 3.97. The van der Waals surface area contributed by atoms with Crippen LogP contribution in [0.3, 0.4) is 0 Å². The second-order valence-corrected chi connectivity index (χ2v) is 5.53. The highest BCUT2D eigenvalue weighted by atomic mass is 19.1. The van der Waals surface area contributed by atoms with Crippen molar-refractivity contribution in [2.45, 2.75) is 45.1 Å². The molecule has 1 saturated carbocycles. The molecule has 0 amide bonds. The Bertz CT molecular complexity index is 388. The van der Waals surface area contributed by atoms with Crippen molar-refractivity contribution in [1.82, 2.24) is 0 Å². The second kappa shape index (κ2) is 4.77. The van der Waals surface area contributed by atoms with E-state index in [1.54, 1.807) is 6.07 Å². The fraction of sp³-hybridized carbons (Fsp3) is 0.600. The molecule has 1 aliphatic rings. The van der Waals surface area contributed by atoms with Crippen molar-refractivity contribution >= 4 is 0 Å². The van der Waals surface area contributed by atoms with E-state index in [1.807, 2.05) is 6.07 Å². The number of benzene rings is 1. The average molecular weight is 236 g/mol. The minimum atomic E-state index is -0.839. The molecule has 94 valence electrons. The van der Waals surface area contributed by atoms with Crippen molar-refractivity contribution in [2.75, 3.05) is 0 Å². The molecule has 0 aromatic heterocycles. The number of hydrogen-bond donors (Lipinski definition) is 1. The van der Waals surface area contributed by atoms with Crippen molar-refractivity contribution in [3.63, 3.8) is 0 Å².